The highest BCUT2D eigenvalue weighted by molar-refractivity contribution is 5.29. The zero-order valence-electron chi connectivity index (χ0n) is 14.9. The van der Waals surface area contributed by atoms with Crippen molar-refractivity contribution in [2.75, 3.05) is 6.54 Å². The van der Waals surface area contributed by atoms with Gasteiger partial charge in [-0.15, -0.1) is 10.2 Å². The smallest absolute Gasteiger partial charge is 0.230 e. The summed E-state index contributed by atoms with van der Waals surface area (Å²) in [7, 11) is 0. The fraction of sp³-hybridized carbons (Fsp3) is 0.333. The molecular weight excluding hydrogens is 326 g/mol. The summed E-state index contributed by atoms with van der Waals surface area (Å²) in [5.41, 5.74) is 3.67. The highest BCUT2D eigenvalue weighted by Crippen LogP contribution is 2.33. The van der Waals surface area contributed by atoms with Crippen LogP contribution in [0.4, 0.5) is 0 Å². The van der Waals surface area contributed by atoms with Crippen LogP contribution in [-0.2, 0) is 13.0 Å². The van der Waals surface area contributed by atoms with Gasteiger partial charge < -0.3 is 9.52 Å². The second kappa shape index (κ2) is 7.30. The van der Waals surface area contributed by atoms with Gasteiger partial charge >= 0.3 is 0 Å². The van der Waals surface area contributed by atoms with Gasteiger partial charge in [0, 0.05) is 6.04 Å². The summed E-state index contributed by atoms with van der Waals surface area (Å²) in [6.45, 7) is 3.77. The van der Waals surface area contributed by atoms with Crippen molar-refractivity contribution in [1.29, 1.82) is 0 Å². The number of hydrogen-bond donors (Lipinski definition) is 1. The normalized spacial score (nSPS) is 17.7. The molecule has 0 saturated carbocycles. The Hall–Kier alpha value is -2.66. The average molecular weight is 349 g/mol. The minimum absolute atomic E-state index is 0.302. The number of aromatic nitrogens is 2. The summed E-state index contributed by atoms with van der Waals surface area (Å²) in [6.07, 6.45) is 2.92. The third-order valence-corrected chi connectivity index (χ3v) is 5.09. The molecule has 1 unspecified atom stereocenters. The van der Waals surface area contributed by atoms with Crippen LogP contribution in [-0.4, -0.2) is 26.7 Å². The van der Waals surface area contributed by atoms with E-state index in [1.807, 2.05) is 24.3 Å². The highest BCUT2D eigenvalue weighted by Gasteiger charge is 2.27. The molecule has 1 fully saturated rings. The number of nitrogens with zero attached hydrogens (tertiary/aromatic N) is 3. The van der Waals surface area contributed by atoms with Crippen molar-refractivity contribution >= 4 is 0 Å². The summed E-state index contributed by atoms with van der Waals surface area (Å²) in [4.78, 5) is 2.37. The molecule has 4 rings (SSSR count). The number of aromatic hydroxyl groups is 1. The molecule has 1 aromatic heterocycles. The first-order valence-electron chi connectivity index (χ1n) is 9.08. The van der Waals surface area contributed by atoms with Crippen LogP contribution in [0.3, 0.4) is 0 Å². The van der Waals surface area contributed by atoms with Gasteiger partial charge in [-0.3, -0.25) is 4.90 Å². The largest absolute Gasteiger partial charge is 0.508 e. The monoisotopic (exact) mass is 349 g/mol. The standard InChI is InChI=1S/C21H23N3O2/c1-15-5-2-3-6-17(15)13-20-22-23-21(26-20)14-24-12-4-7-19(24)16-8-10-18(25)11-9-16/h2-3,5-6,8-11,19,25H,4,7,12-14H2,1H3. The Bertz CT molecular complexity index is 873. The lowest BCUT2D eigenvalue weighted by Gasteiger charge is -2.23. The number of hydrogen-bond acceptors (Lipinski definition) is 5. The summed E-state index contributed by atoms with van der Waals surface area (Å²) in [5.74, 6) is 1.63. The molecule has 134 valence electrons. The second-order valence-electron chi connectivity index (χ2n) is 6.91. The summed E-state index contributed by atoms with van der Waals surface area (Å²) < 4.78 is 5.90. The van der Waals surface area contributed by atoms with Crippen LogP contribution in [0.1, 0.15) is 47.4 Å². The van der Waals surface area contributed by atoms with Crippen LogP contribution < -0.4 is 0 Å². The van der Waals surface area contributed by atoms with E-state index >= 15 is 0 Å². The molecule has 5 heteroatoms. The van der Waals surface area contributed by atoms with Crippen molar-refractivity contribution in [2.45, 2.75) is 38.8 Å². The van der Waals surface area contributed by atoms with Gasteiger partial charge in [0.2, 0.25) is 11.8 Å². The van der Waals surface area contributed by atoms with E-state index in [2.05, 4.69) is 34.2 Å². The molecule has 1 aliphatic heterocycles. The summed E-state index contributed by atoms with van der Waals surface area (Å²) in [6, 6.07) is 16.1. The first-order chi connectivity index (χ1) is 12.7. The van der Waals surface area contributed by atoms with E-state index in [0.29, 0.717) is 36.5 Å². The van der Waals surface area contributed by atoms with E-state index in [-0.39, 0.29) is 0 Å². The van der Waals surface area contributed by atoms with E-state index in [0.717, 1.165) is 19.4 Å². The van der Waals surface area contributed by atoms with Gasteiger partial charge in [-0.1, -0.05) is 36.4 Å². The van der Waals surface area contributed by atoms with E-state index in [9.17, 15) is 5.11 Å². The van der Waals surface area contributed by atoms with Gasteiger partial charge in [0.15, 0.2) is 0 Å². The van der Waals surface area contributed by atoms with Gasteiger partial charge in [-0.05, 0) is 55.1 Å². The molecule has 1 saturated heterocycles. The first-order valence-corrected chi connectivity index (χ1v) is 9.08. The van der Waals surface area contributed by atoms with E-state index in [4.69, 9.17) is 4.42 Å². The zero-order chi connectivity index (χ0) is 17.9. The topological polar surface area (TPSA) is 62.4 Å². The molecule has 5 nitrogen and oxygen atoms in total. The number of benzene rings is 2. The van der Waals surface area contributed by atoms with Gasteiger partial charge in [-0.2, -0.15) is 0 Å². The van der Waals surface area contributed by atoms with Crippen LogP contribution in [0, 0.1) is 6.92 Å². The molecule has 0 spiro atoms. The van der Waals surface area contributed by atoms with Crippen molar-refractivity contribution < 1.29 is 9.52 Å². The van der Waals surface area contributed by atoms with Crippen molar-refractivity contribution in [1.82, 2.24) is 15.1 Å². The maximum absolute atomic E-state index is 9.50. The maximum Gasteiger partial charge on any atom is 0.230 e. The molecule has 2 aromatic carbocycles. The quantitative estimate of drug-likeness (QED) is 0.754. The lowest BCUT2D eigenvalue weighted by Crippen LogP contribution is -2.22. The molecular formula is C21H23N3O2. The van der Waals surface area contributed by atoms with Crippen LogP contribution >= 0.6 is 0 Å². The zero-order valence-corrected chi connectivity index (χ0v) is 14.9. The first kappa shape index (κ1) is 16.8. The Morgan fingerprint density at radius 3 is 2.65 bits per heavy atom. The van der Waals surface area contributed by atoms with Gasteiger partial charge in [0.05, 0.1) is 13.0 Å². The number of aryl methyl sites for hydroxylation is 1. The molecule has 0 aliphatic carbocycles. The summed E-state index contributed by atoms with van der Waals surface area (Å²) >= 11 is 0. The van der Waals surface area contributed by atoms with E-state index < -0.39 is 0 Å². The van der Waals surface area contributed by atoms with Crippen LogP contribution in [0.5, 0.6) is 5.75 Å². The third kappa shape index (κ3) is 3.63. The van der Waals surface area contributed by atoms with Crippen molar-refractivity contribution in [3.8, 4) is 5.75 Å². The molecule has 1 N–H and O–H groups in total. The third-order valence-electron chi connectivity index (χ3n) is 5.09. The number of phenolic OH excluding ortho intramolecular Hbond substituents is 1. The lowest BCUT2D eigenvalue weighted by atomic mass is 10.0. The Balaban J connectivity index is 1.45. The Labute approximate surface area is 153 Å². The fourth-order valence-corrected chi connectivity index (χ4v) is 3.66. The highest BCUT2D eigenvalue weighted by atomic mass is 16.4. The SMILES string of the molecule is Cc1ccccc1Cc1nnc(CN2CCCC2c2ccc(O)cc2)o1. The predicted molar refractivity (Wildman–Crippen MR) is 98.8 cm³/mol. The van der Waals surface area contributed by atoms with Gasteiger partial charge in [-0.25, -0.2) is 0 Å². The predicted octanol–water partition coefficient (Wildman–Crippen LogP) is 4.01. The molecule has 3 aromatic rings. The Morgan fingerprint density at radius 1 is 1.08 bits per heavy atom. The van der Waals surface area contributed by atoms with E-state index in [1.54, 1.807) is 12.1 Å². The number of rotatable bonds is 5. The Kier molecular flexibility index (Phi) is 4.71. The summed E-state index contributed by atoms with van der Waals surface area (Å²) in [5, 5.41) is 18.0. The van der Waals surface area contributed by atoms with Crippen molar-refractivity contribution in [3.05, 3.63) is 77.0 Å². The van der Waals surface area contributed by atoms with Gasteiger partial charge in [0.1, 0.15) is 5.75 Å². The maximum atomic E-state index is 9.50. The molecule has 26 heavy (non-hydrogen) atoms. The minimum atomic E-state index is 0.302. The van der Waals surface area contributed by atoms with Crippen LogP contribution in [0.25, 0.3) is 0 Å². The van der Waals surface area contributed by atoms with Crippen LogP contribution in [0.15, 0.2) is 52.9 Å². The van der Waals surface area contributed by atoms with Gasteiger partial charge in [0.25, 0.3) is 0 Å². The van der Waals surface area contributed by atoms with E-state index in [1.165, 1.54) is 16.7 Å². The van der Waals surface area contributed by atoms with Crippen molar-refractivity contribution in [2.24, 2.45) is 0 Å². The van der Waals surface area contributed by atoms with Crippen LogP contribution in [0.2, 0.25) is 0 Å². The minimum Gasteiger partial charge on any atom is -0.508 e. The molecule has 1 atom stereocenters. The van der Waals surface area contributed by atoms with Crippen molar-refractivity contribution in [3.63, 3.8) is 0 Å². The fourth-order valence-electron chi connectivity index (χ4n) is 3.66. The molecule has 1 aliphatic rings. The molecule has 2 heterocycles. The second-order valence-corrected chi connectivity index (χ2v) is 6.91. The molecule has 0 bridgehead atoms. The lowest BCUT2D eigenvalue weighted by molar-refractivity contribution is 0.221. The average Bonchev–Trinajstić information content (AvgIpc) is 3.28. The molecule has 0 amide bonds. The molecule has 0 radical (unpaired) electrons. The Morgan fingerprint density at radius 2 is 1.85 bits per heavy atom. The number of phenols is 1. The number of likely N-dealkylation sites (tertiary alicyclic amines) is 1.